The van der Waals surface area contributed by atoms with Crippen LogP contribution in [0.5, 0.6) is 0 Å². The highest BCUT2D eigenvalue weighted by Gasteiger charge is 2.13. The lowest BCUT2D eigenvalue weighted by Crippen LogP contribution is -2.09. The van der Waals surface area contributed by atoms with Gasteiger partial charge in [-0.05, 0) is 51.0 Å². The Hall–Kier alpha value is -0.920. The average Bonchev–Trinajstić information content (AvgIpc) is 3.18. The minimum absolute atomic E-state index is 1.02. The maximum atomic E-state index is 5.12. The molecular weight excluding hydrogens is 665 g/mol. The largest absolute Gasteiger partial charge is 0.238 e. The van der Waals surface area contributed by atoms with Crippen LogP contribution in [0.25, 0.3) is 0 Å². The van der Waals surface area contributed by atoms with E-state index in [2.05, 4.69) is 27.7 Å². The summed E-state index contributed by atoms with van der Waals surface area (Å²) < 4.78 is 0. The van der Waals surface area contributed by atoms with Gasteiger partial charge >= 0.3 is 0 Å². The first-order valence-electron chi connectivity index (χ1n) is 26.1. The van der Waals surface area contributed by atoms with E-state index in [0.29, 0.717) is 0 Å². The second-order valence-corrected chi connectivity index (χ2v) is 18.2. The molecule has 0 saturated heterocycles. The molecule has 2 nitrogen and oxygen atoms in total. The van der Waals surface area contributed by atoms with Crippen LogP contribution in [0.15, 0.2) is 0 Å². The lowest BCUT2D eigenvalue weighted by molar-refractivity contribution is 0.531. The topological polar surface area (TPSA) is 25.8 Å². The molecule has 0 amide bonds. The van der Waals surface area contributed by atoms with Gasteiger partial charge in [0.15, 0.2) is 0 Å². The second-order valence-electron chi connectivity index (χ2n) is 18.2. The Morgan fingerprint density at radius 2 is 0.418 bits per heavy atom. The summed E-state index contributed by atoms with van der Waals surface area (Å²) in [6.07, 6.45) is 63.4. The Bertz CT molecular complexity index is 839. The van der Waals surface area contributed by atoms with Crippen LogP contribution in [0.4, 0.5) is 0 Å². The van der Waals surface area contributed by atoms with Gasteiger partial charge in [-0.3, -0.25) is 0 Å². The number of nitrogens with zero attached hydrogens (tertiary/aromatic N) is 2. The maximum absolute atomic E-state index is 5.12. The predicted molar refractivity (Wildman–Crippen MR) is 249 cm³/mol. The standard InChI is InChI=1S/C53H102N2/c1-5-8-11-14-17-20-23-26-29-32-35-38-41-44-47-51-52(48-45-42-39-36-33-30-27-24-21-18-15-12-9-6-2)54-50(4)55-53(51)49-46-43-40-37-34-31-28-25-22-19-16-13-10-7-3/h5-49H2,1-4H3. The van der Waals surface area contributed by atoms with Crippen molar-refractivity contribution in [2.45, 2.75) is 317 Å². The molecule has 0 aromatic carbocycles. The van der Waals surface area contributed by atoms with Gasteiger partial charge in [-0.1, -0.05) is 271 Å². The predicted octanol–water partition coefficient (Wildman–Crippen LogP) is 18.9. The lowest BCUT2D eigenvalue weighted by atomic mass is 9.96. The molecular formula is C53H102N2. The number of unbranched alkanes of at least 4 members (excludes halogenated alkanes) is 39. The number of aromatic nitrogens is 2. The fourth-order valence-electron chi connectivity index (χ4n) is 8.89. The van der Waals surface area contributed by atoms with E-state index in [4.69, 9.17) is 9.97 Å². The van der Waals surface area contributed by atoms with E-state index in [1.807, 2.05) is 0 Å². The van der Waals surface area contributed by atoms with Crippen LogP contribution in [0, 0.1) is 6.92 Å². The molecule has 0 spiro atoms. The summed E-state index contributed by atoms with van der Waals surface area (Å²) in [4.78, 5) is 10.2. The van der Waals surface area contributed by atoms with Gasteiger partial charge < -0.3 is 0 Å². The molecule has 55 heavy (non-hydrogen) atoms. The van der Waals surface area contributed by atoms with E-state index in [1.54, 1.807) is 5.56 Å². The van der Waals surface area contributed by atoms with Gasteiger partial charge in [-0.2, -0.15) is 0 Å². The van der Waals surface area contributed by atoms with E-state index in [1.165, 1.54) is 300 Å². The quantitative estimate of drug-likeness (QED) is 0.0618. The molecule has 1 aromatic heterocycles. The lowest BCUT2D eigenvalue weighted by Gasteiger charge is -2.15. The normalized spacial score (nSPS) is 11.6. The fourth-order valence-corrected chi connectivity index (χ4v) is 8.89. The molecule has 2 heteroatoms. The van der Waals surface area contributed by atoms with Crippen molar-refractivity contribution in [2.24, 2.45) is 0 Å². The molecule has 0 aliphatic heterocycles. The van der Waals surface area contributed by atoms with Crippen LogP contribution >= 0.6 is 0 Å². The Morgan fingerprint density at radius 3 is 0.636 bits per heavy atom. The van der Waals surface area contributed by atoms with Crippen LogP contribution in [-0.2, 0) is 19.3 Å². The summed E-state index contributed by atoms with van der Waals surface area (Å²) in [7, 11) is 0. The average molecular weight is 767 g/mol. The summed E-state index contributed by atoms with van der Waals surface area (Å²) in [5, 5.41) is 0. The molecule has 0 unspecified atom stereocenters. The van der Waals surface area contributed by atoms with Crippen LogP contribution in [-0.4, -0.2) is 9.97 Å². The Labute approximate surface area is 348 Å². The van der Waals surface area contributed by atoms with Crippen molar-refractivity contribution < 1.29 is 0 Å². The van der Waals surface area contributed by atoms with Gasteiger partial charge in [-0.25, -0.2) is 9.97 Å². The Morgan fingerprint density at radius 1 is 0.236 bits per heavy atom. The smallest absolute Gasteiger partial charge is 0.125 e. The molecule has 1 rings (SSSR count). The number of hydrogen-bond donors (Lipinski definition) is 0. The zero-order valence-electron chi connectivity index (χ0n) is 38.7. The minimum atomic E-state index is 1.02. The van der Waals surface area contributed by atoms with Crippen molar-refractivity contribution in [3.8, 4) is 0 Å². The zero-order valence-corrected chi connectivity index (χ0v) is 38.7. The van der Waals surface area contributed by atoms with Crippen LogP contribution in [0.3, 0.4) is 0 Å². The monoisotopic (exact) mass is 767 g/mol. The van der Waals surface area contributed by atoms with Crippen molar-refractivity contribution in [3.63, 3.8) is 0 Å². The molecule has 1 aromatic rings. The molecule has 0 radical (unpaired) electrons. The third kappa shape index (κ3) is 34.8. The van der Waals surface area contributed by atoms with E-state index >= 15 is 0 Å². The van der Waals surface area contributed by atoms with Crippen LogP contribution in [0.2, 0.25) is 0 Å². The van der Waals surface area contributed by atoms with Gasteiger partial charge in [0.25, 0.3) is 0 Å². The van der Waals surface area contributed by atoms with Gasteiger partial charge in [0, 0.05) is 11.4 Å². The molecule has 0 N–H and O–H groups in total. The first kappa shape index (κ1) is 52.1. The highest BCUT2D eigenvalue weighted by molar-refractivity contribution is 5.27. The highest BCUT2D eigenvalue weighted by atomic mass is 14.9. The molecule has 0 bridgehead atoms. The van der Waals surface area contributed by atoms with Gasteiger partial charge in [0.2, 0.25) is 0 Å². The fraction of sp³-hybridized carbons (Fsp3) is 0.925. The molecule has 0 saturated carbocycles. The summed E-state index contributed by atoms with van der Waals surface area (Å²) in [6, 6.07) is 0. The van der Waals surface area contributed by atoms with Crippen molar-refractivity contribution >= 4 is 0 Å². The number of aryl methyl sites for hydroxylation is 3. The highest BCUT2D eigenvalue weighted by Crippen LogP contribution is 2.23. The summed E-state index contributed by atoms with van der Waals surface area (Å²) >= 11 is 0. The van der Waals surface area contributed by atoms with Crippen molar-refractivity contribution in [3.05, 3.63) is 22.8 Å². The van der Waals surface area contributed by atoms with Gasteiger partial charge in [0.05, 0.1) is 0 Å². The second kappa shape index (κ2) is 42.7. The van der Waals surface area contributed by atoms with E-state index in [0.717, 1.165) is 5.82 Å². The maximum Gasteiger partial charge on any atom is 0.125 e. The summed E-state index contributed by atoms with van der Waals surface area (Å²) in [6.45, 7) is 9.10. The van der Waals surface area contributed by atoms with E-state index < -0.39 is 0 Å². The minimum Gasteiger partial charge on any atom is -0.238 e. The third-order valence-corrected chi connectivity index (χ3v) is 12.6. The Balaban J connectivity index is 2.40. The van der Waals surface area contributed by atoms with Gasteiger partial charge in [-0.15, -0.1) is 0 Å². The van der Waals surface area contributed by atoms with E-state index in [-0.39, 0.29) is 0 Å². The Kier molecular flexibility index (Phi) is 40.4. The van der Waals surface area contributed by atoms with Crippen LogP contribution in [0.1, 0.15) is 313 Å². The van der Waals surface area contributed by atoms with Crippen molar-refractivity contribution in [1.29, 1.82) is 0 Å². The summed E-state index contributed by atoms with van der Waals surface area (Å²) in [5.41, 5.74) is 4.40. The SMILES string of the molecule is CCCCCCCCCCCCCCCCc1nc(C)nc(CCCCCCCCCCCCCCCC)c1CCCCCCCCCCCCCCCC. The van der Waals surface area contributed by atoms with Crippen molar-refractivity contribution in [2.75, 3.05) is 0 Å². The molecule has 0 atom stereocenters. The van der Waals surface area contributed by atoms with Crippen molar-refractivity contribution in [1.82, 2.24) is 9.97 Å². The van der Waals surface area contributed by atoms with Crippen LogP contribution < -0.4 is 0 Å². The number of rotatable bonds is 45. The molecule has 0 aliphatic rings. The first-order chi connectivity index (χ1) is 27.2. The zero-order chi connectivity index (χ0) is 39.5. The van der Waals surface area contributed by atoms with Gasteiger partial charge in [0.1, 0.15) is 5.82 Å². The first-order valence-corrected chi connectivity index (χ1v) is 26.1. The number of hydrogen-bond acceptors (Lipinski definition) is 2. The molecule has 1 heterocycles. The van der Waals surface area contributed by atoms with E-state index in [9.17, 15) is 0 Å². The third-order valence-electron chi connectivity index (χ3n) is 12.6. The molecule has 0 fully saturated rings. The summed E-state index contributed by atoms with van der Waals surface area (Å²) in [5.74, 6) is 1.02. The molecule has 0 aliphatic carbocycles. The molecule has 324 valence electrons.